The minimum absolute atomic E-state index is 0.509. The van der Waals surface area contributed by atoms with Gasteiger partial charge in [-0.3, -0.25) is 4.85 Å². The van der Waals surface area contributed by atoms with Gasteiger partial charge >= 0.3 is 12.0 Å². The van der Waals surface area contributed by atoms with Crippen molar-refractivity contribution in [2.45, 2.75) is 32.4 Å². The molecule has 0 amide bonds. The van der Waals surface area contributed by atoms with Crippen LogP contribution >= 0.6 is 15.9 Å². The van der Waals surface area contributed by atoms with Crippen LogP contribution in [-0.2, 0) is 9.53 Å². The summed E-state index contributed by atoms with van der Waals surface area (Å²) >= 11 is 3.32. The maximum atomic E-state index is 11.9. The van der Waals surface area contributed by atoms with Crippen LogP contribution in [0.1, 0.15) is 32.4 Å². The van der Waals surface area contributed by atoms with Crippen molar-refractivity contribution >= 4 is 21.9 Å². The average molecular weight is 296 g/mol. The number of carbonyl (C=O) groups excluding carboxylic acids is 1. The second-order valence-electron chi connectivity index (χ2n) is 4.62. The van der Waals surface area contributed by atoms with Crippen LogP contribution < -0.4 is 0 Å². The fraction of sp³-hybridized carbons (Fsp3) is 0.385. The first-order valence-electron chi connectivity index (χ1n) is 5.18. The summed E-state index contributed by atoms with van der Waals surface area (Å²) in [5.41, 5.74) is 0.0649. The average Bonchev–Trinajstić information content (AvgIpc) is 2.15. The molecule has 17 heavy (non-hydrogen) atoms. The normalized spacial score (nSPS) is 12.6. The van der Waals surface area contributed by atoms with Crippen LogP contribution in [0.25, 0.3) is 4.85 Å². The molecule has 4 heteroatoms. The minimum Gasteiger partial charge on any atom is -0.454 e. The fourth-order valence-electron chi connectivity index (χ4n) is 1.30. The molecule has 1 atom stereocenters. The molecule has 0 aliphatic carbocycles. The third-order valence-corrected chi connectivity index (χ3v) is 2.42. The Hall–Kier alpha value is -1.34. The molecule has 0 aliphatic rings. The smallest absolute Gasteiger partial charge is 0.395 e. The summed E-state index contributed by atoms with van der Waals surface area (Å²) in [6.07, 6.45) is 0. The number of carbonyl (C=O) groups is 1. The summed E-state index contributed by atoms with van der Waals surface area (Å²) in [5, 5.41) is 0. The van der Waals surface area contributed by atoms with Gasteiger partial charge in [-0.1, -0.05) is 28.1 Å². The van der Waals surface area contributed by atoms with Gasteiger partial charge in [-0.2, -0.15) is 0 Å². The van der Waals surface area contributed by atoms with Crippen molar-refractivity contribution in [1.29, 1.82) is 0 Å². The predicted molar refractivity (Wildman–Crippen MR) is 69.3 cm³/mol. The van der Waals surface area contributed by atoms with Crippen LogP contribution in [0, 0.1) is 6.57 Å². The lowest BCUT2D eigenvalue weighted by atomic mass is 10.1. The van der Waals surface area contributed by atoms with Crippen molar-refractivity contribution in [3.05, 3.63) is 45.7 Å². The Morgan fingerprint density at radius 3 is 2.59 bits per heavy atom. The van der Waals surface area contributed by atoms with E-state index in [1.165, 1.54) is 0 Å². The molecular formula is C13H14BrNO2. The van der Waals surface area contributed by atoms with E-state index in [0.717, 1.165) is 4.47 Å². The van der Waals surface area contributed by atoms with Crippen LogP contribution in [0.4, 0.5) is 0 Å². The van der Waals surface area contributed by atoms with E-state index in [1.54, 1.807) is 39.0 Å². The lowest BCUT2D eigenvalue weighted by Crippen LogP contribution is -2.26. The van der Waals surface area contributed by atoms with Crippen LogP contribution in [0.5, 0.6) is 0 Å². The van der Waals surface area contributed by atoms with E-state index in [2.05, 4.69) is 20.8 Å². The third-order valence-electron chi connectivity index (χ3n) is 1.92. The van der Waals surface area contributed by atoms with Crippen LogP contribution in [-0.4, -0.2) is 11.6 Å². The first kappa shape index (κ1) is 13.7. The SMILES string of the molecule is [C-]#[N+]C(C(=O)OC(C)(C)C)c1cccc(Br)c1. The first-order valence-corrected chi connectivity index (χ1v) is 5.97. The molecule has 3 nitrogen and oxygen atoms in total. The summed E-state index contributed by atoms with van der Waals surface area (Å²) in [6.45, 7) is 12.5. The van der Waals surface area contributed by atoms with Gasteiger partial charge in [0.2, 0.25) is 0 Å². The quantitative estimate of drug-likeness (QED) is 0.614. The van der Waals surface area contributed by atoms with Gasteiger partial charge in [0.05, 0.1) is 0 Å². The summed E-state index contributed by atoms with van der Waals surface area (Å²) in [6, 6.07) is 6.25. The Labute approximate surface area is 110 Å². The van der Waals surface area contributed by atoms with Crippen LogP contribution in [0.2, 0.25) is 0 Å². The summed E-state index contributed by atoms with van der Waals surface area (Å²) in [7, 11) is 0. The van der Waals surface area contributed by atoms with Gasteiger partial charge in [0, 0.05) is 10.0 Å². The third kappa shape index (κ3) is 4.20. The molecule has 0 radical (unpaired) electrons. The number of rotatable bonds is 2. The minimum atomic E-state index is -0.897. The Morgan fingerprint density at radius 1 is 1.47 bits per heavy atom. The van der Waals surface area contributed by atoms with Crippen molar-refractivity contribution < 1.29 is 9.53 Å². The summed E-state index contributed by atoms with van der Waals surface area (Å²) in [4.78, 5) is 15.2. The molecule has 0 saturated carbocycles. The lowest BCUT2D eigenvalue weighted by molar-refractivity contribution is -0.155. The van der Waals surface area contributed by atoms with Crippen molar-refractivity contribution in [3.63, 3.8) is 0 Å². The Morgan fingerprint density at radius 2 is 2.12 bits per heavy atom. The Balaban J connectivity index is 2.94. The van der Waals surface area contributed by atoms with Gasteiger partial charge in [0.1, 0.15) is 5.60 Å². The molecule has 90 valence electrons. The zero-order valence-corrected chi connectivity index (χ0v) is 11.6. The zero-order chi connectivity index (χ0) is 13.1. The van der Waals surface area contributed by atoms with E-state index in [4.69, 9.17) is 11.3 Å². The van der Waals surface area contributed by atoms with E-state index >= 15 is 0 Å². The molecule has 0 aliphatic heterocycles. The van der Waals surface area contributed by atoms with Gasteiger partial charge in [-0.05, 0) is 32.9 Å². The molecule has 0 spiro atoms. The number of benzene rings is 1. The first-order chi connectivity index (χ1) is 7.83. The molecule has 1 aromatic rings. The van der Waals surface area contributed by atoms with Crippen molar-refractivity contribution in [2.24, 2.45) is 0 Å². The van der Waals surface area contributed by atoms with Gasteiger partial charge in [-0.15, -0.1) is 0 Å². The molecule has 0 N–H and O–H groups in total. The van der Waals surface area contributed by atoms with Crippen molar-refractivity contribution in [3.8, 4) is 0 Å². The highest BCUT2D eigenvalue weighted by atomic mass is 79.9. The van der Waals surface area contributed by atoms with E-state index in [0.29, 0.717) is 5.56 Å². The van der Waals surface area contributed by atoms with Gasteiger partial charge < -0.3 is 4.74 Å². The lowest BCUT2D eigenvalue weighted by Gasteiger charge is -2.19. The number of hydrogen-bond donors (Lipinski definition) is 0. The van der Waals surface area contributed by atoms with Gasteiger partial charge in [0.25, 0.3) is 0 Å². The van der Waals surface area contributed by atoms with E-state index in [1.807, 2.05) is 6.07 Å². The van der Waals surface area contributed by atoms with Gasteiger partial charge in [-0.25, -0.2) is 11.4 Å². The highest BCUT2D eigenvalue weighted by molar-refractivity contribution is 9.10. The number of halogens is 1. The molecule has 0 bridgehead atoms. The van der Waals surface area contributed by atoms with Crippen molar-refractivity contribution in [2.75, 3.05) is 0 Å². The molecule has 0 saturated heterocycles. The number of ether oxygens (including phenoxy) is 1. The summed E-state index contributed by atoms with van der Waals surface area (Å²) in [5.74, 6) is -0.509. The summed E-state index contributed by atoms with van der Waals surface area (Å²) < 4.78 is 6.06. The number of hydrogen-bond acceptors (Lipinski definition) is 2. The van der Waals surface area contributed by atoms with Crippen LogP contribution in [0.3, 0.4) is 0 Å². The Bertz CT molecular complexity index is 457. The molecule has 1 aromatic carbocycles. The highest BCUT2D eigenvalue weighted by Gasteiger charge is 2.31. The monoisotopic (exact) mass is 295 g/mol. The zero-order valence-electron chi connectivity index (χ0n) is 10.0. The molecule has 0 heterocycles. The molecule has 0 fully saturated rings. The maximum absolute atomic E-state index is 11.9. The fourth-order valence-corrected chi connectivity index (χ4v) is 1.71. The van der Waals surface area contributed by atoms with E-state index < -0.39 is 17.6 Å². The van der Waals surface area contributed by atoms with E-state index in [9.17, 15) is 4.79 Å². The molecule has 1 rings (SSSR count). The maximum Gasteiger partial charge on any atom is 0.395 e. The van der Waals surface area contributed by atoms with Crippen LogP contribution in [0.15, 0.2) is 28.7 Å². The molecular weight excluding hydrogens is 282 g/mol. The second-order valence-corrected chi connectivity index (χ2v) is 5.54. The second kappa shape index (κ2) is 5.33. The number of nitrogens with zero attached hydrogens (tertiary/aromatic N) is 1. The molecule has 0 aromatic heterocycles. The van der Waals surface area contributed by atoms with Crippen molar-refractivity contribution in [1.82, 2.24) is 0 Å². The predicted octanol–water partition coefficient (Wildman–Crippen LogP) is 3.75. The number of esters is 1. The standard InChI is InChI=1S/C13H14BrNO2/c1-13(2,3)17-12(16)11(15-4)9-6-5-7-10(14)8-9/h5-8,11H,1-3H3. The highest BCUT2D eigenvalue weighted by Crippen LogP contribution is 2.24. The largest absolute Gasteiger partial charge is 0.454 e. The Kier molecular flexibility index (Phi) is 4.30. The molecule has 1 unspecified atom stereocenters. The van der Waals surface area contributed by atoms with Gasteiger partial charge in [0.15, 0.2) is 0 Å². The van der Waals surface area contributed by atoms with E-state index in [-0.39, 0.29) is 0 Å². The topological polar surface area (TPSA) is 30.7 Å².